The van der Waals surface area contributed by atoms with Crippen LogP contribution in [0.15, 0.2) is 47.7 Å². The number of nitrogens with one attached hydrogen (secondary N) is 2. The van der Waals surface area contributed by atoms with Crippen molar-refractivity contribution >= 4 is 11.9 Å². The monoisotopic (exact) mass is 366 g/mol. The number of hydrogen-bond acceptors (Lipinski definition) is 5. The predicted octanol–water partition coefficient (Wildman–Crippen LogP) is 1.39. The van der Waals surface area contributed by atoms with Crippen molar-refractivity contribution in [3.63, 3.8) is 0 Å². The molecule has 1 aromatic carbocycles. The first kappa shape index (κ1) is 17.6. The third kappa shape index (κ3) is 3.97. The van der Waals surface area contributed by atoms with Gasteiger partial charge in [-0.05, 0) is 12.0 Å². The summed E-state index contributed by atoms with van der Waals surface area (Å²) in [6, 6.07) is 10.3. The molecule has 2 aliphatic rings. The van der Waals surface area contributed by atoms with Gasteiger partial charge in [-0.25, -0.2) is 0 Å². The highest BCUT2D eigenvalue weighted by molar-refractivity contribution is 5.81. The average molecular weight is 366 g/mol. The standard InChI is InChI=1S/C20H26N6O/c1-25-18(27)10-16(11-23-20-21-8-5-9-22-20)19(25)17-12-24-26(14-17)13-15-6-3-2-4-7-15/h2-4,6-7,12,14,16,19H,5,8-11,13H2,1H3,(H2,21,22,23)/t16-,19+/m0/s1. The SMILES string of the molecule is CN1C(=O)C[C@@H](CNC2=NCCCN2)[C@@H]1c1cnn(Cc2ccccc2)c1. The molecule has 7 heteroatoms. The molecule has 142 valence electrons. The molecule has 27 heavy (non-hydrogen) atoms. The summed E-state index contributed by atoms with van der Waals surface area (Å²) in [6.07, 6.45) is 5.58. The quantitative estimate of drug-likeness (QED) is 0.839. The van der Waals surface area contributed by atoms with Crippen LogP contribution < -0.4 is 10.6 Å². The van der Waals surface area contributed by atoms with Crippen molar-refractivity contribution in [3.05, 3.63) is 53.9 Å². The summed E-state index contributed by atoms with van der Waals surface area (Å²) in [5.41, 5.74) is 2.30. The molecule has 0 bridgehead atoms. The smallest absolute Gasteiger partial charge is 0.223 e. The number of nitrogens with zero attached hydrogens (tertiary/aromatic N) is 4. The Kier molecular flexibility index (Phi) is 5.09. The topological polar surface area (TPSA) is 74.6 Å². The van der Waals surface area contributed by atoms with Crippen LogP contribution in [0.25, 0.3) is 0 Å². The lowest BCUT2D eigenvalue weighted by atomic mass is 9.96. The van der Waals surface area contributed by atoms with Gasteiger partial charge in [0.25, 0.3) is 0 Å². The molecule has 1 saturated heterocycles. The van der Waals surface area contributed by atoms with Crippen molar-refractivity contribution < 1.29 is 4.79 Å². The minimum absolute atomic E-state index is 0.0405. The van der Waals surface area contributed by atoms with Crippen LogP contribution in [0.2, 0.25) is 0 Å². The summed E-state index contributed by atoms with van der Waals surface area (Å²) < 4.78 is 1.94. The Hall–Kier alpha value is -2.83. The summed E-state index contributed by atoms with van der Waals surface area (Å²) in [5.74, 6) is 1.23. The Morgan fingerprint density at radius 2 is 2.15 bits per heavy atom. The van der Waals surface area contributed by atoms with E-state index < -0.39 is 0 Å². The molecule has 4 rings (SSSR count). The average Bonchev–Trinajstić information content (AvgIpc) is 3.26. The molecule has 0 saturated carbocycles. The van der Waals surface area contributed by atoms with Crippen molar-refractivity contribution in [3.8, 4) is 0 Å². The number of amides is 1. The number of aromatic nitrogens is 2. The van der Waals surface area contributed by atoms with Crippen molar-refractivity contribution in [2.75, 3.05) is 26.7 Å². The molecule has 2 aliphatic heterocycles. The summed E-state index contributed by atoms with van der Waals surface area (Å²) in [5, 5.41) is 11.2. The van der Waals surface area contributed by atoms with Crippen LogP contribution in [-0.2, 0) is 11.3 Å². The number of guanidine groups is 1. The number of benzene rings is 1. The fourth-order valence-electron chi connectivity index (χ4n) is 3.90. The summed E-state index contributed by atoms with van der Waals surface area (Å²) in [4.78, 5) is 18.7. The van der Waals surface area contributed by atoms with Crippen molar-refractivity contribution in [1.82, 2.24) is 25.3 Å². The van der Waals surface area contributed by atoms with Gasteiger partial charge in [0.2, 0.25) is 5.91 Å². The molecule has 0 radical (unpaired) electrons. The molecule has 2 atom stereocenters. The zero-order valence-electron chi connectivity index (χ0n) is 15.6. The second kappa shape index (κ2) is 7.82. The van der Waals surface area contributed by atoms with E-state index in [0.717, 1.165) is 44.1 Å². The van der Waals surface area contributed by atoms with Gasteiger partial charge in [0.15, 0.2) is 5.96 Å². The maximum Gasteiger partial charge on any atom is 0.223 e. The predicted molar refractivity (Wildman–Crippen MR) is 104 cm³/mol. The Morgan fingerprint density at radius 3 is 2.93 bits per heavy atom. The molecule has 1 aromatic heterocycles. The van der Waals surface area contributed by atoms with E-state index in [9.17, 15) is 4.79 Å². The minimum atomic E-state index is 0.0405. The van der Waals surface area contributed by atoms with Crippen LogP contribution in [0.5, 0.6) is 0 Å². The molecular weight excluding hydrogens is 340 g/mol. The normalized spacial score (nSPS) is 22.5. The first-order chi connectivity index (χ1) is 13.2. The lowest BCUT2D eigenvalue weighted by Crippen LogP contribution is -2.43. The van der Waals surface area contributed by atoms with Crippen molar-refractivity contribution in [2.45, 2.75) is 25.4 Å². The number of likely N-dealkylation sites (tertiary alicyclic amines) is 1. The molecule has 0 aliphatic carbocycles. The van der Waals surface area contributed by atoms with Crippen LogP contribution in [0.4, 0.5) is 0 Å². The summed E-state index contributed by atoms with van der Waals surface area (Å²) >= 11 is 0. The van der Waals surface area contributed by atoms with Crippen LogP contribution >= 0.6 is 0 Å². The van der Waals surface area contributed by atoms with E-state index in [1.807, 2.05) is 41.0 Å². The summed E-state index contributed by atoms with van der Waals surface area (Å²) in [6.45, 7) is 3.25. The Morgan fingerprint density at radius 1 is 1.30 bits per heavy atom. The Bertz CT molecular complexity index is 815. The van der Waals surface area contributed by atoms with Gasteiger partial charge >= 0.3 is 0 Å². The Labute approximate surface area is 159 Å². The highest BCUT2D eigenvalue weighted by Crippen LogP contribution is 2.36. The number of carbonyl (C=O) groups excluding carboxylic acids is 1. The number of hydrogen-bond donors (Lipinski definition) is 2. The lowest BCUT2D eigenvalue weighted by molar-refractivity contribution is -0.127. The Balaban J connectivity index is 1.46. The van der Waals surface area contributed by atoms with Gasteiger partial charge in [0, 0.05) is 50.8 Å². The first-order valence-electron chi connectivity index (χ1n) is 9.55. The van der Waals surface area contributed by atoms with E-state index >= 15 is 0 Å². The van der Waals surface area contributed by atoms with E-state index in [1.165, 1.54) is 5.56 Å². The molecule has 3 heterocycles. The second-order valence-corrected chi connectivity index (χ2v) is 7.26. The zero-order chi connectivity index (χ0) is 18.6. The third-order valence-corrected chi connectivity index (χ3v) is 5.31. The highest BCUT2D eigenvalue weighted by Gasteiger charge is 2.39. The van der Waals surface area contributed by atoms with Crippen molar-refractivity contribution in [2.24, 2.45) is 10.9 Å². The molecule has 1 amide bonds. The largest absolute Gasteiger partial charge is 0.356 e. The van der Waals surface area contributed by atoms with Crippen LogP contribution in [0, 0.1) is 5.92 Å². The van der Waals surface area contributed by atoms with Gasteiger partial charge in [-0.1, -0.05) is 30.3 Å². The molecule has 2 N–H and O–H groups in total. The van der Waals surface area contributed by atoms with Gasteiger partial charge in [-0.15, -0.1) is 0 Å². The van der Waals surface area contributed by atoms with Crippen LogP contribution in [0.3, 0.4) is 0 Å². The van der Waals surface area contributed by atoms with E-state index in [1.54, 1.807) is 0 Å². The van der Waals surface area contributed by atoms with E-state index in [2.05, 4.69) is 39.1 Å². The molecule has 2 aromatic rings. The first-order valence-corrected chi connectivity index (χ1v) is 9.55. The minimum Gasteiger partial charge on any atom is -0.356 e. The van der Waals surface area contributed by atoms with Crippen molar-refractivity contribution in [1.29, 1.82) is 0 Å². The van der Waals surface area contributed by atoms with Crippen LogP contribution in [-0.4, -0.2) is 53.2 Å². The fraction of sp³-hybridized carbons (Fsp3) is 0.450. The number of aliphatic imine (C=N–C) groups is 1. The van der Waals surface area contributed by atoms with E-state index in [4.69, 9.17) is 0 Å². The van der Waals surface area contributed by atoms with Gasteiger partial charge in [-0.2, -0.15) is 5.10 Å². The molecular formula is C20H26N6O. The molecule has 7 nitrogen and oxygen atoms in total. The van der Waals surface area contributed by atoms with Gasteiger partial charge in [-0.3, -0.25) is 14.5 Å². The lowest BCUT2D eigenvalue weighted by Gasteiger charge is -2.25. The highest BCUT2D eigenvalue weighted by atomic mass is 16.2. The molecule has 1 fully saturated rings. The van der Waals surface area contributed by atoms with Crippen LogP contribution in [0.1, 0.15) is 30.0 Å². The third-order valence-electron chi connectivity index (χ3n) is 5.31. The van der Waals surface area contributed by atoms with E-state index in [-0.39, 0.29) is 17.9 Å². The fourth-order valence-corrected chi connectivity index (χ4v) is 3.90. The van der Waals surface area contributed by atoms with Gasteiger partial charge < -0.3 is 15.5 Å². The van der Waals surface area contributed by atoms with Gasteiger partial charge in [0.1, 0.15) is 0 Å². The van der Waals surface area contributed by atoms with E-state index in [0.29, 0.717) is 6.42 Å². The maximum atomic E-state index is 12.3. The zero-order valence-corrected chi connectivity index (χ0v) is 15.6. The second-order valence-electron chi connectivity index (χ2n) is 7.26. The summed E-state index contributed by atoms with van der Waals surface area (Å²) in [7, 11) is 1.89. The molecule has 0 spiro atoms. The number of carbonyl (C=O) groups is 1. The van der Waals surface area contributed by atoms with Gasteiger partial charge in [0.05, 0.1) is 18.8 Å². The molecule has 0 unspecified atom stereocenters. The maximum absolute atomic E-state index is 12.3. The number of rotatable bonds is 5.